The maximum atomic E-state index is 11.2. The number of ether oxygens (including phenoxy) is 1. The van der Waals surface area contributed by atoms with Gasteiger partial charge in [-0.25, -0.2) is 0 Å². The standard InChI is InChI=1S/C8H12N2O4/c1-2-14-8(13)5-10-4-6(11)9-3-7(10)12/h4,9,11H,2-3,5H2,1H3. The maximum absolute atomic E-state index is 11.2. The van der Waals surface area contributed by atoms with Crippen LogP contribution in [0.5, 0.6) is 0 Å². The van der Waals surface area contributed by atoms with Gasteiger partial charge in [-0.05, 0) is 6.92 Å². The molecule has 0 atom stereocenters. The van der Waals surface area contributed by atoms with Gasteiger partial charge in [0, 0.05) is 0 Å². The summed E-state index contributed by atoms with van der Waals surface area (Å²) in [6.07, 6.45) is 1.17. The topological polar surface area (TPSA) is 78.9 Å². The van der Waals surface area contributed by atoms with Crippen molar-refractivity contribution in [1.29, 1.82) is 0 Å². The summed E-state index contributed by atoms with van der Waals surface area (Å²) in [7, 11) is 0. The predicted molar refractivity (Wildman–Crippen MR) is 47.1 cm³/mol. The molecule has 2 N–H and O–H groups in total. The first-order valence-electron chi connectivity index (χ1n) is 4.23. The maximum Gasteiger partial charge on any atom is 0.326 e. The van der Waals surface area contributed by atoms with E-state index in [4.69, 9.17) is 5.11 Å². The lowest BCUT2D eigenvalue weighted by atomic mass is 10.4. The van der Waals surface area contributed by atoms with Crippen LogP contribution in [-0.4, -0.2) is 41.6 Å². The van der Waals surface area contributed by atoms with Gasteiger partial charge in [-0.1, -0.05) is 0 Å². The number of aliphatic hydroxyl groups is 1. The van der Waals surface area contributed by atoms with E-state index in [9.17, 15) is 9.59 Å². The third-order valence-corrected chi connectivity index (χ3v) is 1.62. The number of hydrogen-bond acceptors (Lipinski definition) is 5. The molecule has 0 aromatic carbocycles. The Labute approximate surface area is 81.1 Å². The quantitative estimate of drug-likeness (QED) is 0.591. The van der Waals surface area contributed by atoms with Crippen molar-refractivity contribution in [3.05, 3.63) is 12.1 Å². The zero-order valence-electron chi connectivity index (χ0n) is 7.82. The molecule has 0 saturated heterocycles. The normalized spacial score (nSPS) is 15.9. The molecule has 0 aliphatic carbocycles. The largest absolute Gasteiger partial charge is 0.494 e. The monoisotopic (exact) mass is 200 g/mol. The molecular weight excluding hydrogens is 188 g/mol. The molecule has 78 valence electrons. The number of esters is 1. The van der Waals surface area contributed by atoms with Crippen molar-refractivity contribution in [2.24, 2.45) is 0 Å². The Morgan fingerprint density at radius 1 is 1.79 bits per heavy atom. The van der Waals surface area contributed by atoms with Crippen molar-refractivity contribution in [3.63, 3.8) is 0 Å². The summed E-state index contributed by atoms with van der Waals surface area (Å²) in [6, 6.07) is 0. The number of aliphatic hydroxyl groups excluding tert-OH is 1. The van der Waals surface area contributed by atoms with Gasteiger partial charge >= 0.3 is 5.97 Å². The van der Waals surface area contributed by atoms with Crippen LogP contribution >= 0.6 is 0 Å². The van der Waals surface area contributed by atoms with Crippen LogP contribution in [-0.2, 0) is 14.3 Å². The number of hydrogen-bond donors (Lipinski definition) is 2. The van der Waals surface area contributed by atoms with Crippen LogP contribution in [0.15, 0.2) is 12.1 Å². The lowest BCUT2D eigenvalue weighted by molar-refractivity contribution is -0.147. The molecular formula is C8H12N2O4. The Morgan fingerprint density at radius 2 is 2.50 bits per heavy atom. The van der Waals surface area contributed by atoms with Crippen LogP contribution in [0, 0.1) is 0 Å². The zero-order chi connectivity index (χ0) is 10.6. The van der Waals surface area contributed by atoms with Crippen molar-refractivity contribution in [2.45, 2.75) is 6.92 Å². The fourth-order valence-corrected chi connectivity index (χ4v) is 1.01. The molecule has 14 heavy (non-hydrogen) atoms. The number of amides is 1. The molecule has 0 aromatic rings. The Kier molecular flexibility index (Phi) is 3.33. The Bertz CT molecular complexity index is 275. The SMILES string of the molecule is CCOC(=O)CN1C=C(O)NCC1=O. The van der Waals surface area contributed by atoms with Crippen LogP contribution in [0.3, 0.4) is 0 Å². The predicted octanol–water partition coefficient (Wildman–Crippen LogP) is -0.662. The summed E-state index contributed by atoms with van der Waals surface area (Å²) in [4.78, 5) is 23.3. The Balaban J connectivity index is 2.54. The summed E-state index contributed by atoms with van der Waals surface area (Å²) in [5.41, 5.74) is 0. The molecule has 1 amide bonds. The molecule has 6 nitrogen and oxygen atoms in total. The van der Waals surface area contributed by atoms with E-state index in [1.807, 2.05) is 0 Å². The third-order valence-electron chi connectivity index (χ3n) is 1.62. The number of rotatable bonds is 3. The zero-order valence-corrected chi connectivity index (χ0v) is 7.82. The minimum Gasteiger partial charge on any atom is -0.494 e. The van der Waals surface area contributed by atoms with Gasteiger partial charge in [-0.3, -0.25) is 9.59 Å². The van der Waals surface area contributed by atoms with Gasteiger partial charge in [0.1, 0.15) is 6.54 Å². The van der Waals surface area contributed by atoms with Crippen molar-refractivity contribution in [1.82, 2.24) is 10.2 Å². The van der Waals surface area contributed by atoms with Crippen molar-refractivity contribution in [2.75, 3.05) is 19.7 Å². The molecule has 0 unspecified atom stereocenters. The molecule has 0 fully saturated rings. The molecule has 0 radical (unpaired) electrons. The van der Waals surface area contributed by atoms with E-state index < -0.39 is 5.97 Å². The van der Waals surface area contributed by atoms with Gasteiger partial charge in [0.15, 0.2) is 0 Å². The molecule has 0 aromatic heterocycles. The van der Waals surface area contributed by atoms with E-state index in [2.05, 4.69) is 10.1 Å². The molecule has 6 heteroatoms. The molecule has 0 saturated carbocycles. The first-order valence-corrected chi connectivity index (χ1v) is 4.23. The number of nitrogens with one attached hydrogen (secondary N) is 1. The first-order chi connectivity index (χ1) is 6.63. The van der Waals surface area contributed by atoms with Crippen LogP contribution in [0.1, 0.15) is 6.92 Å². The molecule has 0 bridgehead atoms. The van der Waals surface area contributed by atoms with Crippen LogP contribution in [0.4, 0.5) is 0 Å². The van der Waals surface area contributed by atoms with E-state index in [0.717, 1.165) is 4.90 Å². The van der Waals surface area contributed by atoms with E-state index in [0.29, 0.717) is 0 Å². The minimum atomic E-state index is -0.494. The highest BCUT2D eigenvalue weighted by Crippen LogP contribution is 2.00. The molecule has 1 rings (SSSR count). The molecule has 1 aliphatic heterocycles. The number of nitrogens with zero attached hydrogens (tertiary/aromatic N) is 1. The Morgan fingerprint density at radius 3 is 3.14 bits per heavy atom. The van der Waals surface area contributed by atoms with Crippen molar-refractivity contribution >= 4 is 11.9 Å². The smallest absolute Gasteiger partial charge is 0.326 e. The van der Waals surface area contributed by atoms with Gasteiger partial charge in [-0.2, -0.15) is 0 Å². The second kappa shape index (κ2) is 4.50. The average Bonchev–Trinajstić information content (AvgIpc) is 2.12. The van der Waals surface area contributed by atoms with E-state index in [1.165, 1.54) is 6.20 Å². The summed E-state index contributed by atoms with van der Waals surface area (Å²) < 4.78 is 4.66. The highest BCUT2D eigenvalue weighted by Gasteiger charge is 2.20. The molecule has 1 aliphatic rings. The Hall–Kier alpha value is -1.72. The highest BCUT2D eigenvalue weighted by atomic mass is 16.5. The third kappa shape index (κ3) is 2.65. The van der Waals surface area contributed by atoms with E-state index in [-0.39, 0.29) is 31.5 Å². The highest BCUT2D eigenvalue weighted by molar-refractivity contribution is 5.85. The summed E-state index contributed by atoms with van der Waals surface area (Å²) in [5.74, 6) is -0.906. The first kappa shape index (κ1) is 10.4. The van der Waals surface area contributed by atoms with Gasteiger partial charge in [-0.15, -0.1) is 0 Å². The van der Waals surface area contributed by atoms with Crippen molar-refractivity contribution < 1.29 is 19.4 Å². The van der Waals surface area contributed by atoms with Crippen LogP contribution in [0.2, 0.25) is 0 Å². The number of carbonyl (C=O) groups excluding carboxylic acids is 2. The van der Waals surface area contributed by atoms with Gasteiger partial charge in [0.05, 0.1) is 19.4 Å². The van der Waals surface area contributed by atoms with Crippen LogP contribution in [0.25, 0.3) is 0 Å². The summed E-state index contributed by atoms with van der Waals surface area (Å²) in [5, 5.41) is 11.5. The fraction of sp³-hybridized carbons (Fsp3) is 0.500. The van der Waals surface area contributed by atoms with Crippen molar-refractivity contribution in [3.8, 4) is 0 Å². The summed E-state index contributed by atoms with van der Waals surface area (Å²) in [6.45, 7) is 1.78. The molecule has 0 spiro atoms. The summed E-state index contributed by atoms with van der Waals surface area (Å²) >= 11 is 0. The number of carbonyl (C=O) groups is 2. The molecule has 1 heterocycles. The average molecular weight is 200 g/mol. The van der Waals surface area contributed by atoms with E-state index in [1.54, 1.807) is 6.92 Å². The lowest BCUT2D eigenvalue weighted by Crippen LogP contribution is -2.42. The minimum absolute atomic E-state index is 0.0122. The van der Waals surface area contributed by atoms with Gasteiger partial charge < -0.3 is 20.1 Å². The van der Waals surface area contributed by atoms with Gasteiger partial charge in [0.25, 0.3) is 0 Å². The lowest BCUT2D eigenvalue weighted by Gasteiger charge is -2.22. The second-order valence-corrected chi connectivity index (χ2v) is 2.69. The van der Waals surface area contributed by atoms with Crippen LogP contribution < -0.4 is 5.32 Å². The van der Waals surface area contributed by atoms with Gasteiger partial charge in [0.2, 0.25) is 11.8 Å². The second-order valence-electron chi connectivity index (χ2n) is 2.69. The van der Waals surface area contributed by atoms with E-state index >= 15 is 0 Å². The fourth-order valence-electron chi connectivity index (χ4n) is 1.01.